The minimum Gasteiger partial charge on any atom is -0.383 e. The lowest BCUT2D eigenvalue weighted by Crippen LogP contribution is -2.38. The maximum Gasteiger partial charge on any atom is 0.330 e. The molecule has 0 aliphatic heterocycles. The molecule has 0 bridgehead atoms. The van der Waals surface area contributed by atoms with Gasteiger partial charge in [0.05, 0.1) is 11.3 Å². The smallest absolute Gasteiger partial charge is 0.330 e. The van der Waals surface area contributed by atoms with Crippen molar-refractivity contribution in [3.05, 3.63) is 50.7 Å². The molecule has 0 spiro atoms. The summed E-state index contributed by atoms with van der Waals surface area (Å²) in [4.78, 5) is 40.3. The second-order valence-corrected chi connectivity index (χ2v) is 6.38. The quantitative estimate of drug-likeness (QED) is 0.626. The zero-order valence-corrected chi connectivity index (χ0v) is 16.0. The molecule has 0 aliphatic rings. The highest BCUT2D eigenvalue weighted by Crippen LogP contribution is 2.17. The lowest BCUT2D eigenvalue weighted by atomic mass is 10.2. The standard InChI is InChI=1S/C19H24N6O3/c1-3-4-10-25-17(21)16(18(27)23-19(25)28)24(2)11-9-15(26)22-14-8-6-5-7-13(14)12-20/h5-8H,3-4,9-11,21H2,1-2H3,(H,22,26)(H,23,27,28). The first kappa shape index (κ1) is 20.8. The van der Waals surface area contributed by atoms with Gasteiger partial charge in [0.15, 0.2) is 0 Å². The number of nitrogens with one attached hydrogen (secondary N) is 2. The van der Waals surface area contributed by atoms with Crippen molar-refractivity contribution in [3.8, 4) is 6.07 Å². The lowest BCUT2D eigenvalue weighted by Gasteiger charge is -2.21. The molecule has 1 aromatic heterocycles. The predicted octanol–water partition coefficient (Wildman–Crippen LogP) is 1.26. The van der Waals surface area contributed by atoms with E-state index in [2.05, 4.69) is 10.3 Å². The van der Waals surface area contributed by atoms with Crippen molar-refractivity contribution in [3.63, 3.8) is 0 Å². The van der Waals surface area contributed by atoms with E-state index in [0.29, 0.717) is 17.8 Å². The number of amides is 1. The molecular formula is C19H24N6O3. The summed E-state index contributed by atoms with van der Waals surface area (Å²) in [5, 5.41) is 11.8. The number of anilines is 3. The Morgan fingerprint density at radius 2 is 2.07 bits per heavy atom. The molecule has 9 nitrogen and oxygen atoms in total. The van der Waals surface area contributed by atoms with E-state index >= 15 is 0 Å². The average molecular weight is 384 g/mol. The number of nitrogen functional groups attached to an aromatic ring is 1. The van der Waals surface area contributed by atoms with Crippen LogP contribution in [0.5, 0.6) is 0 Å². The Labute approximate surface area is 162 Å². The highest BCUT2D eigenvalue weighted by molar-refractivity contribution is 5.92. The van der Waals surface area contributed by atoms with Gasteiger partial charge in [0.25, 0.3) is 5.56 Å². The van der Waals surface area contributed by atoms with E-state index in [1.165, 1.54) is 4.57 Å². The van der Waals surface area contributed by atoms with Gasteiger partial charge in [-0.1, -0.05) is 25.5 Å². The van der Waals surface area contributed by atoms with Gasteiger partial charge in [-0.2, -0.15) is 5.26 Å². The topological polar surface area (TPSA) is 137 Å². The summed E-state index contributed by atoms with van der Waals surface area (Å²) in [5.74, 6) is -0.219. The van der Waals surface area contributed by atoms with E-state index in [1.54, 1.807) is 36.2 Å². The number of benzene rings is 1. The van der Waals surface area contributed by atoms with Crippen LogP contribution in [0.2, 0.25) is 0 Å². The summed E-state index contributed by atoms with van der Waals surface area (Å²) in [6.07, 6.45) is 1.70. The van der Waals surface area contributed by atoms with Crippen molar-refractivity contribution in [2.24, 2.45) is 0 Å². The number of unbranched alkanes of at least 4 members (excludes halogenated alkanes) is 1. The summed E-state index contributed by atoms with van der Waals surface area (Å²) in [5.41, 5.74) is 5.88. The van der Waals surface area contributed by atoms with Crippen LogP contribution < -0.4 is 27.2 Å². The van der Waals surface area contributed by atoms with Crippen molar-refractivity contribution in [2.45, 2.75) is 32.7 Å². The number of aromatic amines is 1. The Morgan fingerprint density at radius 1 is 1.36 bits per heavy atom. The number of carbonyl (C=O) groups excluding carboxylic acids is 1. The number of nitrogens with zero attached hydrogens (tertiary/aromatic N) is 3. The molecule has 0 saturated carbocycles. The maximum absolute atomic E-state index is 12.2. The first-order valence-corrected chi connectivity index (χ1v) is 9.01. The zero-order chi connectivity index (χ0) is 20.7. The SMILES string of the molecule is CCCCn1c(N)c(N(C)CCC(=O)Nc2ccccc2C#N)c(=O)[nH]c1=O. The van der Waals surface area contributed by atoms with E-state index in [4.69, 9.17) is 11.0 Å². The highest BCUT2D eigenvalue weighted by atomic mass is 16.2. The number of hydrogen-bond acceptors (Lipinski definition) is 6. The molecule has 2 aromatic rings. The Balaban J connectivity index is 2.11. The molecule has 1 heterocycles. The molecule has 0 atom stereocenters. The average Bonchev–Trinajstić information content (AvgIpc) is 2.66. The van der Waals surface area contributed by atoms with Gasteiger partial charge in [-0.05, 0) is 18.6 Å². The minimum absolute atomic E-state index is 0.0726. The molecular weight excluding hydrogens is 360 g/mol. The van der Waals surface area contributed by atoms with E-state index in [0.717, 1.165) is 12.8 Å². The predicted molar refractivity (Wildman–Crippen MR) is 108 cm³/mol. The normalized spacial score (nSPS) is 10.3. The third kappa shape index (κ3) is 4.79. The molecule has 1 aromatic carbocycles. The molecule has 148 valence electrons. The van der Waals surface area contributed by atoms with Gasteiger partial charge in [0.1, 0.15) is 17.6 Å². The second kappa shape index (κ2) is 9.41. The Bertz CT molecular complexity index is 1000. The number of nitriles is 1. The second-order valence-electron chi connectivity index (χ2n) is 6.38. The van der Waals surface area contributed by atoms with Crippen LogP contribution in [-0.2, 0) is 11.3 Å². The van der Waals surface area contributed by atoms with Crippen molar-refractivity contribution in [1.82, 2.24) is 9.55 Å². The van der Waals surface area contributed by atoms with E-state index < -0.39 is 11.2 Å². The van der Waals surface area contributed by atoms with Gasteiger partial charge in [-0.3, -0.25) is 19.1 Å². The van der Waals surface area contributed by atoms with Crippen LogP contribution in [-0.4, -0.2) is 29.1 Å². The van der Waals surface area contributed by atoms with Gasteiger partial charge in [-0.25, -0.2) is 4.79 Å². The zero-order valence-electron chi connectivity index (χ0n) is 16.0. The fraction of sp³-hybridized carbons (Fsp3) is 0.368. The summed E-state index contributed by atoms with van der Waals surface area (Å²) < 4.78 is 1.33. The molecule has 0 saturated heterocycles. The van der Waals surface area contributed by atoms with Crippen molar-refractivity contribution >= 4 is 23.1 Å². The van der Waals surface area contributed by atoms with Crippen LogP contribution in [0.1, 0.15) is 31.7 Å². The number of rotatable bonds is 8. The van der Waals surface area contributed by atoms with Crippen molar-refractivity contribution in [2.75, 3.05) is 29.5 Å². The Kier molecular flexibility index (Phi) is 6.98. The monoisotopic (exact) mass is 384 g/mol. The van der Waals surface area contributed by atoms with Gasteiger partial charge >= 0.3 is 5.69 Å². The Hall–Kier alpha value is -3.54. The maximum atomic E-state index is 12.2. The molecule has 2 rings (SSSR count). The fourth-order valence-corrected chi connectivity index (χ4v) is 2.77. The molecule has 0 fully saturated rings. The lowest BCUT2D eigenvalue weighted by molar-refractivity contribution is -0.116. The first-order chi connectivity index (χ1) is 13.4. The number of nitrogens with two attached hydrogens (primary N) is 1. The highest BCUT2D eigenvalue weighted by Gasteiger charge is 2.17. The van der Waals surface area contributed by atoms with Gasteiger partial charge in [0.2, 0.25) is 5.91 Å². The third-order valence-corrected chi connectivity index (χ3v) is 4.33. The van der Waals surface area contributed by atoms with Gasteiger partial charge < -0.3 is 16.0 Å². The molecule has 0 radical (unpaired) electrons. The number of H-pyrrole nitrogens is 1. The van der Waals surface area contributed by atoms with Crippen LogP contribution in [0.25, 0.3) is 0 Å². The molecule has 0 aliphatic carbocycles. The van der Waals surface area contributed by atoms with E-state index in [9.17, 15) is 14.4 Å². The van der Waals surface area contributed by atoms with Crippen molar-refractivity contribution in [1.29, 1.82) is 5.26 Å². The number of hydrogen-bond donors (Lipinski definition) is 3. The first-order valence-electron chi connectivity index (χ1n) is 9.01. The third-order valence-electron chi connectivity index (χ3n) is 4.33. The summed E-state index contributed by atoms with van der Waals surface area (Å²) in [6.45, 7) is 2.60. The number of para-hydroxylation sites is 1. The van der Waals surface area contributed by atoms with Crippen LogP contribution >= 0.6 is 0 Å². The van der Waals surface area contributed by atoms with E-state index in [1.807, 2.05) is 13.0 Å². The Morgan fingerprint density at radius 3 is 2.75 bits per heavy atom. The van der Waals surface area contributed by atoms with Crippen molar-refractivity contribution < 1.29 is 4.79 Å². The van der Waals surface area contributed by atoms with E-state index in [-0.39, 0.29) is 30.4 Å². The van der Waals surface area contributed by atoms with Gasteiger partial charge in [0, 0.05) is 26.6 Å². The molecule has 0 unspecified atom stereocenters. The van der Waals surface area contributed by atoms with Crippen LogP contribution in [0.15, 0.2) is 33.9 Å². The minimum atomic E-state index is -0.590. The van der Waals surface area contributed by atoms with Crippen LogP contribution in [0, 0.1) is 11.3 Å². The van der Waals surface area contributed by atoms with Crippen LogP contribution in [0.3, 0.4) is 0 Å². The molecule has 9 heteroatoms. The summed E-state index contributed by atoms with van der Waals surface area (Å²) in [6, 6.07) is 8.71. The summed E-state index contributed by atoms with van der Waals surface area (Å²) in [7, 11) is 1.63. The number of aromatic nitrogens is 2. The largest absolute Gasteiger partial charge is 0.383 e. The van der Waals surface area contributed by atoms with Gasteiger partial charge in [-0.15, -0.1) is 0 Å². The fourth-order valence-electron chi connectivity index (χ4n) is 2.77. The molecule has 1 amide bonds. The van der Waals surface area contributed by atoms with Crippen LogP contribution in [0.4, 0.5) is 17.2 Å². The molecule has 4 N–H and O–H groups in total. The molecule has 28 heavy (non-hydrogen) atoms. The summed E-state index contributed by atoms with van der Waals surface area (Å²) >= 11 is 0. The number of carbonyl (C=O) groups is 1.